The average Bonchev–Trinajstić information content (AvgIpc) is 2.99. The van der Waals surface area contributed by atoms with Crippen LogP contribution in [0.3, 0.4) is 0 Å². The van der Waals surface area contributed by atoms with Gasteiger partial charge in [0, 0.05) is 17.5 Å². The first-order chi connectivity index (χ1) is 12.5. The monoisotopic (exact) mass is 414 g/mol. The number of hydrogen-bond donors (Lipinski definition) is 2. The first-order valence-corrected chi connectivity index (χ1v) is 8.04. The van der Waals surface area contributed by atoms with E-state index in [1.54, 1.807) is 6.07 Å². The van der Waals surface area contributed by atoms with E-state index in [1.165, 1.54) is 28.8 Å². The molecule has 0 spiro atoms. The zero-order valence-electron chi connectivity index (χ0n) is 15.2. The van der Waals surface area contributed by atoms with E-state index in [0.717, 1.165) is 6.07 Å². The number of anilines is 2. The van der Waals surface area contributed by atoms with Crippen LogP contribution < -0.4 is 5.32 Å². The number of aromatic carboxylic acids is 1. The van der Waals surface area contributed by atoms with E-state index < -0.39 is 23.3 Å². The highest BCUT2D eigenvalue weighted by Crippen LogP contribution is 2.32. The summed E-state index contributed by atoms with van der Waals surface area (Å²) in [6.45, 7) is 5.64. The van der Waals surface area contributed by atoms with Gasteiger partial charge in [-0.15, -0.1) is 12.4 Å². The highest BCUT2D eigenvalue weighted by Gasteiger charge is 2.34. The van der Waals surface area contributed by atoms with Crippen LogP contribution in [0.4, 0.5) is 24.7 Å². The SMILES string of the molecule is CC(C)(C)c1cc2nc(C(F)(F)F)cc(Nc3ccccc3C(=O)O)n2n1.Cl. The minimum Gasteiger partial charge on any atom is -0.478 e. The minimum atomic E-state index is -4.66. The van der Waals surface area contributed by atoms with Crippen molar-refractivity contribution in [1.82, 2.24) is 14.6 Å². The Kier molecular flexibility index (Phi) is 5.61. The molecule has 2 heterocycles. The fraction of sp³-hybridized carbons (Fsp3) is 0.278. The maximum Gasteiger partial charge on any atom is 0.433 e. The summed E-state index contributed by atoms with van der Waals surface area (Å²) in [5.41, 5.74) is -0.834. The van der Waals surface area contributed by atoms with Gasteiger partial charge in [0.15, 0.2) is 11.3 Å². The number of aromatic nitrogens is 3. The summed E-state index contributed by atoms with van der Waals surface area (Å²) in [5, 5.41) is 16.4. The number of carboxylic acid groups (broad SMARTS) is 1. The maximum atomic E-state index is 13.3. The molecule has 2 N–H and O–H groups in total. The van der Waals surface area contributed by atoms with Crippen molar-refractivity contribution in [2.24, 2.45) is 0 Å². The lowest BCUT2D eigenvalue weighted by Crippen LogP contribution is -2.14. The molecule has 0 radical (unpaired) electrons. The lowest BCUT2D eigenvalue weighted by molar-refractivity contribution is -0.141. The van der Waals surface area contributed by atoms with Crippen molar-refractivity contribution in [3.05, 3.63) is 53.3 Å². The molecule has 0 amide bonds. The van der Waals surface area contributed by atoms with Crippen LogP contribution in [0.5, 0.6) is 0 Å². The molecule has 0 aliphatic carbocycles. The fourth-order valence-electron chi connectivity index (χ4n) is 2.49. The predicted molar refractivity (Wildman–Crippen MR) is 101 cm³/mol. The molecule has 10 heteroatoms. The maximum absolute atomic E-state index is 13.3. The summed E-state index contributed by atoms with van der Waals surface area (Å²) in [6, 6.07) is 8.24. The van der Waals surface area contributed by atoms with Crippen molar-refractivity contribution in [3.63, 3.8) is 0 Å². The van der Waals surface area contributed by atoms with Gasteiger partial charge in [-0.2, -0.15) is 22.8 Å². The Hall–Kier alpha value is -2.81. The van der Waals surface area contributed by atoms with E-state index >= 15 is 0 Å². The van der Waals surface area contributed by atoms with Gasteiger partial charge < -0.3 is 10.4 Å². The number of nitrogens with one attached hydrogen (secondary N) is 1. The molecule has 0 saturated carbocycles. The van der Waals surface area contributed by atoms with E-state index in [0.29, 0.717) is 5.69 Å². The fourth-order valence-corrected chi connectivity index (χ4v) is 2.49. The van der Waals surface area contributed by atoms with Crippen LogP contribution >= 0.6 is 12.4 Å². The lowest BCUT2D eigenvalue weighted by atomic mass is 9.93. The topological polar surface area (TPSA) is 79.5 Å². The van der Waals surface area contributed by atoms with E-state index in [2.05, 4.69) is 15.4 Å². The molecule has 0 fully saturated rings. The molecule has 6 nitrogen and oxygen atoms in total. The number of benzene rings is 1. The molecule has 3 aromatic rings. The highest BCUT2D eigenvalue weighted by molar-refractivity contribution is 5.95. The van der Waals surface area contributed by atoms with Gasteiger partial charge in [0.1, 0.15) is 5.82 Å². The standard InChI is InChI=1S/C18H17F3N4O2.ClH/c1-17(2,3)12-8-15-23-13(18(19,20)21)9-14(25(15)24-12)22-11-7-5-4-6-10(11)16(26)27;/h4-9,22H,1-3H3,(H,26,27);1H. The first-order valence-electron chi connectivity index (χ1n) is 8.04. The Morgan fingerprint density at radius 1 is 1.11 bits per heavy atom. The van der Waals surface area contributed by atoms with Gasteiger partial charge in [-0.1, -0.05) is 32.9 Å². The van der Waals surface area contributed by atoms with Crippen LogP contribution in [-0.4, -0.2) is 25.7 Å². The number of halogens is 4. The summed E-state index contributed by atoms with van der Waals surface area (Å²) in [4.78, 5) is 15.0. The Morgan fingerprint density at radius 2 is 1.75 bits per heavy atom. The normalized spacial score (nSPS) is 11.9. The summed E-state index contributed by atoms with van der Waals surface area (Å²) in [7, 11) is 0. The second-order valence-electron chi connectivity index (χ2n) is 7.05. The molecule has 1 aromatic carbocycles. The van der Waals surface area contributed by atoms with Gasteiger partial charge >= 0.3 is 12.1 Å². The quantitative estimate of drug-likeness (QED) is 0.636. The first kappa shape index (κ1) is 21.5. The van der Waals surface area contributed by atoms with Crippen molar-refractivity contribution in [3.8, 4) is 0 Å². The molecule has 0 aliphatic heterocycles. The van der Waals surface area contributed by atoms with Crippen molar-refractivity contribution in [2.75, 3.05) is 5.32 Å². The molecular formula is C18H18ClF3N4O2. The van der Waals surface area contributed by atoms with Crippen molar-refractivity contribution >= 4 is 35.5 Å². The second-order valence-corrected chi connectivity index (χ2v) is 7.05. The van der Waals surface area contributed by atoms with Gasteiger partial charge in [0.05, 0.1) is 16.9 Å². The number of fused-ring (bicyclic) bond motifs is 1. The van der Waals surface area contributed by atoms with Gasteiger partial charge in [-0.05, 0) is 12.1 Å². The molecule has 0 saturated heterocycles. The summed E-state index contributed by atoms with van der Waals surface area (Å²) in [5.74, 6) is -1.23. The van der Waals surface area contributed by atoms with E-state index in [9.17, 15) is 23.1 Å². The van der Waals surface area contributed by atoms with Crippen LogP contribution in [0.2, 0.25) is 0 Å². The zero-order valence-corrected chi connectivity index (χ0v) is 16.0. The number of carbonyl (C=O) groups is 1. The molecule has 0 atom stereocenters. The van der Waals surface area contributed by atoms with Crippen LogP contribution in [-0.2, 0) is 11.6 Å². The summed E-state index contributed by atoms with van der Waals surface area (Å²) in [6.07, 6.45) is -4.66. The Bertz CT molecular complexity index is 1030. The predicted octanol–water partition coefficient (Wildman–Crippen LogP) is 4.91. The zero-order chi connectivity index (χ0) is 20.0. The Labute approximate surface area is 164 Å². The van der Waals surface area contributed by atoms with Crippen molar-refractivity contribution in [1.29, 1.82) is 0 Å². The average molecular weight is 415 g/mol. The van der Waals surface area contributed by atoms with Gasteiger partial charge in [-0.3, -0.25) is 0 Å². The Balaban J connectivity index is 0.00000280. The number of nitrogens with zero attached hydrogens (tertiary/aromatic N) is 3. The number of hydrogen-bond acceptors (Lipinski definition) is 4. The molecule has 150 valence electrons. The number of rotatable bonds is 3. The number of carboxylic acids is 1. The molecule has 0 unspecified atom stereocenters. The molecule has 2 aromatic heterocycles. The summed E-state index contributed by atoms with van der Waals surface area (Å²) < 4.78 is 41.1. The molecule has 0 aliphatic rings. The molecule has 0 bridgehead atoms. The second kappa shape index (κ2) is 7.31. The van der Waals surface area contributed by atoms with E-state index in [4.69, 9.17) is 0 Å². The molecule has 28 heavy (non-hydrogen) atoms. The van der Waals surface area contributed by atoms with Crippen LogP contribution in [0.15, 0.2) is 36.4 Å². The van der Waals surface area contributed by atoms with Crippen LogP contribution in [0, 0.1) is 0 Å². The van der Waals surface area contributed by atoms with Gasteiger partial charge in [0.2, 0.25) is 0 Å². The molecule has 3 rings (SSSR count). The third kappa shape index (κ3) is 4.19. The third-order valence-electron chi connectivity index (χ3n) is 3.91. The van der Waals surface area contributed by atoms with Crippen LogP contribution in [0.1, 0.15) is 42.5 Å². The summed E-state index contributed by atoms with van der Waals surface area (Å²) >= 11 is 0. The lowest BCUT2D eigenvalue weighted by Gasteiger charge is -2.14. The number of alkyl halides is 3. The largest absolute Gasteiger partial charge is 0.478 e. The van der Waals surface area contributed by atoms with Gasteiger partial charge in [-0.25, -0.2) is 9.78 Å². The van der Waals surface area contributed by atoms with E-state index in [-0.39, 0.29) is 35.1 Å². The highest BCUT2D eigenvalue weighted by atomic mass is 35.5. The van der Waals surface area contributed by atoms with Gasteiger partial charge in [0.25, 0.3) is 0 Å². The smallest absolute Gasteiger partial charge is 0.433 e. The number of para-hydroxylation sites is 1. The third-order valence-corrected chi connectivity index (χ3v) is 3.91. The molecular weight excluding hydrogens is 397 g/mol. The van der Waals surface area contributed by atoms with E-state index in [1.807, 2.05) is 20.8 Å². The minimum absolute atomic E-state index is 0. The van der Waals surface area contributed by atoms with Crippen LogP contribution in [0.25, 0.3) is 5.65 Å². The van der Waals surface area contributed by atoms with Crippen molar-refractivity contribution in [2.45, 2.75) is 32.4 Å². The van der Waals surface area contributed by atoms with Crippen molar-refractivity contribution < 1.29 is 23.1 Å². The Morgan fingerprint density at radius 3 is 2.32 bits per heavy atom.